The molecule has 1 saturated heterocycles. The van der Waals surface area contributed by atoms with Crippen LogP contribution in [0.5, 0.6) is 0 Å². The van der Waals surface area contributed by atoms with Crippen LogP contribution in [0.3, 0.4) is 0 Å². The Balaban J connectivity index is 2.05. The van der Waals surface area contributed by atoms with Gasteiger partial charge >= 0.3 is 6.09 Å². The van der Waals surface area contributed by atoms with Crippen molar-refractivity contribution in [1.82, 2.24) is 14.9 Å². The zero-order chi connectivity index (χ0) is 10.4. The molecular formula is C9H12N4O2. The number of aromatic amines is 1. The molecule has 0 bridgehead atoms. The number of rotatable bonds is 0. The maximum absolute atomic E-state index is 11.4. The number of nitrogens with two attached hydrogens (primary N) is 1. The average Bonchev–Trinajstić information content (AvgIpc) is 2.68. The summed E-state index contributed by atoms with van der Waals surface area (Å²) >= 11 is 0. The zero-order valence-corrected chi connectivity index (χ0v) is 8.19. The van der Waals surface area contributed by atoms with E-state index in [1.54, 1.807) is 4.90 Å². The molecule has 0 spiro atoms. The van der Waals surface area contributed by atoms with Gasteiger partial charge in [0.2, 0.25) is 0 Å². The number of nitrogens with one attached hydrogen (secondary N) is 1. The van der Waals surface area contributed by atoms with E-state index in [9.17, 15) is 4.79 Å². The summed E-state index contributed by atoms with van der Waals surface area (Å²) in [6, 6.07) is -0.0523. The summed E-state index contributed by atoms with van der Waals surface area (Å²) in [5.41, 5.74) is 7.53. The molecule has 1 aromatic heterocycles. The Labute approximate surface area is 86.4 Å². The van der Waals surface area contributed by atoms with Crippen LogP contribution in [0.4, 0.5) is 10.7 Å². The van der Waals surface area contributed by atoms with E-state index in [4.69, 9.17) is 10.5 Å². The molecule has 0 saturated carbocycles. The minimum atomic E-state index is -0.241. The number of cyclic esters (lactones) is 1. The highest BCUT2D eigenvalue weighted by Crippen LogP contribution is 2.32. The fourth-order valence-electron chi connectivity index (χ4n) is 2.26. The predicted octanol–water partition coefficient (Wildman–Crippen LogP) is 0.431. The van der Waals surface area contributed by atoms with E-state index in [1.807, 2.05) is 0 Å². The quantitative estimate of drug-likeness (QED) is 0.647. The Hall–Kier alpha value is -1.72. The lowest BCUT2D eigenvalue weighted by Gasteiger charge is -2.16. The molecule has 3 N–H and O–H groups in total. The van der Waals surface area contributed by atoms with E-state index in [2.05, 4.69) is 9.97 Å². The minimum Gasteiger partial charge on any atom is -0.447 e. The van der Waals surface area contributed by atoms with Gasteiger partial charge in [0, 0.05) is 12.2 Å². The van der Waals surface area contributed by atoms with Crippen molar-refractivity contribution in [2.45, 2.75) is 18.9 Å². The second kappa shape index (κ2) is 2.88. The second-order valence-corrected chi connectivity index (χ2v) is 3.88. The maximum Gasteiger partial charge on any atom is 0.410 e. The molecule has 3 rings (SSSR count). The summed E-state index contributed by atoms with van der Waals surface area (Å²) in [7, 11) is 0. The van der Waals surface area contributed by atoms with Crippen molar-refractivity contribution in [2.24, 2.45) is 0 Å². The molecule has 1 atom stereocenters. The van der Waals surface area contributed by atoms with Gasteiger partial charge in [0.05, 0.1) is 5.69 Å². The summed E-state index contributed by atoms with van der Waals surface area (Å²) in [5, 5.41) is 0. The normalized spacial score (nSPS) is 24.4. The number of hydrogen-bond donors (Lipinski definition) is 2. The second-order valence-electron chi connectivity index (χ2n) is 3.88. The lowest BCUT2D eigenvalue weighted by molar-refractivity contribution is 0.157. The maximum atomic E-state index is 11.4. The van der Waals surface area contributed by atoms with Gasteiger partial charge < -0.3 is 15.5 Å². The molecule has 3 heterocycles. The lowest BCUT2D eigenvalue weighted by atomic mass is 10.1. The number of nitrogens with zero attached hydrogens (tertiary/aromatic N) is 2. The van der Waals surface area contributed by atoms with Gasteiger partial charge in [0.25, 0.3) is 0 Å². The van der Waals surface area contributed by atoms with E-state index in [0.717, 1.165) is 30.8 Å². The Kier molecular flexibility index (Phi) is 1.65. The summed E-state index contributed by atoms with van der Waals surface area (Å²) in [6.45, 7) is 1.11. The van der Waals surface area contributed by atoms with Crippen LogP contribution in [-0.4, -0.2) is 34.1 Å². The van der Waals surface area contributed by atoms with Crippen molar-refractivity contribution in [3.63, 3.8) is 0 Å². The fraction of sp³-hybridized carbons (Fsp3) is 0.556. The van der Waals surface area contributed by atoms with Crippen LogP contribution in [0, 0.1) is 0 Å². The van der Waals surface area contributed by atoms with Crippen molar-refractivity contribution in [3.05, 3.63) is 11.4 Å². The molecule has 0 aliphatic carbocycles. The Bertz CT molecular complexity index is 414. The number of ether oxygens (including phenoxy) is 1. The molecule has 1 aromatic rings. The molecule has 0 aromatic carbocycles. The molecule has 6 nitrogen and oxygen atoms in total. The monoisotopic (exact) mass is 208 g/mol. The number of aromatic nitrogens is 2. The van der Waals surface area contributed by atoms with Crippen molar-refractivity contribution in [3.8, 4) is 0 Å². The number of carbonyl (C=O) groups excluding carboxylic acids is 1. The van der Waals surface area contributed by atoms with Crippen molar-refractivity contribution < 1.29 is 9.53 Å². The van der Waals surface area contributed by atoms with Crippen LogP contribution in [0.2, 0.25) is 0 Å². The zero-order valence-electron chi connectivity index (χ0n) is 8.19. The third-order valence-electron chi connectivity index (χ3n) is 2.95. The van der Waals surface area contributed by atoms with Crippen LogP contribution >= 0.6 is 0 Å². The van der Waals surface area contributed by atoms with E-state index < -0.39 is 0 Å². The molecule has 1 unspecified atom stereocenters. The van der Waals surface area contributed by atoms with Gasteiger partial charge in [-0.3, -0.25) is 4.90 Å². The summed E-state index contributed by atoms with van der Waals surface area (Å²) < 4.78 is 5.01. The first-order valence-electron chi connectivity index (χ1n) is 5.03. The molecule has 15 heavy (non-hydrogen) atoms. The highest BCUT2D eigenvalue weighted by atomic mass is 16.6. The Morgan fingerprint density at radius 3 is 3.33 bits per heavy atom. The molecule has 0 radical (unpaired) electrons. The SMILES string of the molecule is Nc1nc2c([nH]1)CCCN1C(=O)OCC21. The number of amides is 1. The number of imidazole rings is 1. The molecular weight excluding hydrogens is 196 g/mol. The van der Waals surface area contributed by atoms with Gasteiger partial charge in [0.1, 0.15) is 12.6 Å². The minimum absolute atomic E-state index is 0.0523. The molecule has 2 aliphatic heterocycles. The van der Waals surface area contributed by atoms with Crippen LogP contribution in [0.1, 0.15) is 23.9 Å². The number of fused-ring (bicyclic) bond motifs is 3. The molecule has 2 aliphatic rings. The van der Waals surface area contributed by atoms with Crippen molar-refractivity contribution >= 4 is 12.0 Å². The van der Waals surface area contributed by atoms with Crippen LogP contribution in [-0.2, 0) is 11.2 Å². The molecule has 1 fully saturated rings. The Morgan fingerprint density at radius 1 is 1.60 bits per heavy atom. The van der Waals surface area contributed by atoms with Gasteiger partial charge in [-0.25, -0.2) is 9.78 Å². The first-order chi connectivity index (χ1) is 7.25. The number of H-pyrrole nitrogens is 1. The standard InChI is InChI=1S/C9H12N4O2/c10-8-11-5-2-1-3-13-6(7(5)12-8)4-15-9(13)14/h6H,1-4H2,(H3,10,11,12). The molecule has 6 heteroatoms. The summed E-state index contributed by atoms with van der Waals surface area (Å²) in [6.07, 6.45) is 1.56. The third kappa shape index (κ3) is 1.17. The Morgan fingerprint density at radius 2 is 2.47 bits per heavy atom. The predicted molar refractivity (Wildman–Crippen MR) is 52.1 cm³/mol. The first-order valence-corrected chi connectivity index (χ1v) is 5.03. The van der Waals surface area contributed by atoms with Gasteiger partial charge in [-0.15, -0.1) is 0 Å². The highest BCUT2D eigenvalue weighted by Gasteiger charge is 2.38. The summed E-state index contributed by atoms with van der Waals surface area (Å²) in [4.78, 5) is 20.4. The number of anilines is 1. The molecule has 80 valence electrons. The van der Waals surface area contributed by atoms with Gasteiger partial charge in [0.15, 0.2) is 5.95 Å². The van der Waals surface area contributed by atoms with Gasteiger partial charge in [-0.2, -0.15) is 0 Å². The van der Waals surface area contributed by atoms with Gasteiger partial charge in [-0.1, -0.05) is 0 Å². The molecule has 1 amide bonds. The van der Waals surface area contributed by atoms with E-state index in [-0.39, 0.29) is 12.1 Å². The lowest BCUT2D eigenvalue weighted by Crippen LogP contribution is -2.27. The smallest absolute Gasteiger partial charge is 0.410 e. The number of aryl methyl sites for hydroxylation is 1. The van der Waals surface area contributed by atoms with E-state index >= 15 is 0 Å². The highest BCUT2D eigenvalue weighted by molar-refractivity contribution is 5.70. The van der Waals surface area contributed by atoms with E-state index in [1.165, 1.54) is 0 Å². The largest absolute Gasteiger partial charge is 0.447 e. The van der Waals surface area contributed by atoms with Gasteiger partial charge in [-0.05, 0) is 12.8 Å². The van der Waals surface area contributed by atoms with Crippen LogP contribution in [0.25, 0.3) is 0 Å². The third-order valence-corrected chi connectivity index (χ3v) is 2.95. The number of nitrogen functional groups attached to an aromatic ring is 1. The number of hydrogen-bond acceptors (Lipinski definition) is 4. The fourth-order valence-corrected chi connectivity index (χ4v) is 2.26. The number of carbonyl (C=O) groups is 1. The van der Waals surface area contributed by atoms with Crippen LogP contribution < -0.4 is 5.73 Å². The first kappa shape index (κ1) is 8.58. The van der Waals surface area contributed by atoms with E-state index in [0.29, 0.717) is 12.6 Å². The van der Waals surface area contributed by atoms with Crippen LogP contribution in [0.15, 0.2) is 0 Å². The average molecular weight is 208 g/mol. The topological polar surface area (TPSA) is 84.2 Å². The van der Waals surface area contributed by atoms with Crippen molar-refractivity contribution in [1.29, 1.82) is 0 Å². The summed E-state index contributed by atoms with van der Waals surface area (Å²) in [5.74, 6) is 0.418. The van der Waals surface area contributed by atoms with Crippen molar-refractivity contribution in [2.75, 3.05) is 18.9 Å².